The lowest BCUT2D eigenvalue weighted by molar-refractivity contribution is -0.896. The molecule has 132 valence electrons. The molecule has 1 aromatic carbocycles. The van der Waals surface area contributed by atoms with Gasteiger partial charge in [0.25, 0.3) is 5.91 Å². The Morgan fingerprint density at radius 3 is 2.62 bits per heavy atom. The number of hydrogen-bond acceptors (Lipinski definition) is 3. The predicted octanol–water partition coefficient (Wildman–Crippen LogP) is 0.983. The summed E-state index contributed by atoms with van der Waals surface area (Å²) in [5.41, 5.74) is 1.06. The molecule has 0 radical (unpaired) electrons. The van der Waals surface area contributed by atoms with Crippen molar-refractivity contribution >= 4 is 27.9 Å². The number of halogens is 1. The van der Waals surface area contributed by atoms with Gasteiger partial charge in [-0.15, -0.1) is 0 Å². The molecule has 7 heteroatoms. The average molecular weight is 399 g/mol. The molecular formula is C17H25BrN3O3+. The van der Waals surface area contributed by atoms with Crippen molar-refractivity contribution in [3.8, 4) is 0 Å². The maximum Gasteiger partial charge on any atom is 0.410 e. The number of nitrogens with zero attached hydrogens (tertiary/aromatic N) is 1. The Morgan fingerprint density at radius 1 is 1.33 bits per heavy atom. The fourth-order valence-electron chi connectivity index (χ4n) is 2.82. The zero-order valence-electron chi connectivity index (χ0n) is 14.2. The van der Waals surface area contributed by atoms with Gasteiger partial charge in [0.1, 0.15) is 0 Å². The number of piperazine rings is 1. The number of carbonyl (C=O) groups is 2. The van der Waals surface area contributed by atoms with E-state index in [1.807, 2.05) is 31.2 Å². The standard InChI is InChI=1S/C17H24BrN3O3/c1-3-24-17(23)21-10-8-20(9-11-21)12-16(22)19-13(2)14-6-4-5-7-15(14)18/h4-7,13H,3,8-12H2,1-2H3,(H,19,22)/p+1/t13-/m1/s1. The summed E-state index contributed by atoms with van der Waals surface area (Å²) in [6, 6.07) is 7.84. The van der Waals surface area contributed by atoms with E-state index in [4.69, 9.17) is 4.74 Å². The second kappa shape index (κ2) is 9.03. The van der Waals surface area contributed by atoms with E-state index < -0.39 is 0 Å². The van der Waals surface area contributed by atoms with E-state index in [1.165, 1.54) is 4.90 Å². The van der Waals surface area contributed by atoms with E-state index in [0.717, 1.165) is 23.1 Å². The van der Waals surface area contributed by atoms with E-state index in [9.17, 15) is 9.59 Å². The molecule has 1 aromatic rings. The molecule has 2 rings (SSSR count). The highest BCUT2D eigenvalue weighted by Gasteiger charge is 2.26. The van der Waals surface area contributed by atoms with E-state index in [-0.39, 0.29) is 18.0 Å². The van der Waals surface area contributed by atoms with Crippen molar-refractivity contribution in [1.29, 1.82) is 0 Å². The summed E-state index contributed by atoms with van der Waals surface area (Å²) in [5, 5.41) is 3.04. The number of rotatable bonds is 5. The smallest absolute Gasteiger partial charge is 0.410 e. The molecular weight excluding hydrogens is 374 g/mol. The van der Waals surface area contributed by atoms with Gasteiger partial charge in [-0.3, -0.25) is 9.69 Å². The van der Waals surface area contributed by atoms with Crippen LogP contribution < -0.4 is 10.2 Å². The van der Waals surface area contributed by atoms with E-state index in [2.05, 4.69) is 21.2 Å². The lowest BCUT2D eigenvalue weighted by atomic mass is 10.1. The minimum Gasteiger partial charge on any atom is -0.450 e. The molecule has 6 nitrogen and oxygen atoms in total. The van der Waals surface area contributed by atoms with Crippen molar-refractivity contribution in [2.24, 2.45) is 0 Å². The number of hydrogen-bond donors (Lipinski definition) is 2. The first-order valence-corrected chi connectivity index (χ1v) is 9.09. The van der Waals surface area contributed by atoms with Crippen LogP contribution in [0.3, 0.4) is 0 Å². The Hall–Kier alpha value is -1.60. The zero-order valence-corrected chi connectivity index (χ0v) is 15.8. The van der Waals surface area contributed by atoms with Gasteiger partial charge >= 0.3 is 6.09 Å². The van der Waals surface area contributed by atoms with Gasteiger partial charge in [-0.25, -0.2) is 4.79 Å². The summed E-state index contributed by atoms with van der Waals surface area (Å²) in [6.07, 6.45) is -0.261. The van der Waals surface area contributed by atoms with Gasteiger partial charge in [-0.2, -0.15) is 0 Å². The van der Waals surface area contributed by atoms with Crippen LogP contribution in [-0.2, 0) is 9.53 Å². The minimum absolute atomic E-state index is 0.0258. The van der Waals surface area contributed by atoms with Crippen LogP contribution in [-0.4, -0.2) is 56.2 Å². The summed E-state index contributed by atoms with van der Waals surface area (Å²) in [4.78, 5) is 26.8. The van der Waals surface area contributed by atoms with Gasteiger partial charge < -0.3 is 15.0 Å². The Kier molecular flexibility index (Phi) is 7.05. The van der Waals surface area contributed by atoms with Crippen LogP contribution in [0.2, 0.25) is 0 Å². The van der Waals surface area contributed by atoms with Gasteiger partial charge in [0.2, 0.25) is 0 Å². The largest absolute Gasteiger partial charge is 0.450 e. The van der Waals surface area contributed by atoms with E-state index in [1.54, 1.807) is 11.8 Å². The molecule has 0 unspecified atom stereocenters. The molecule has 0 saturated carbocycles. The SMILES string of the molecule is CCOC(=O)N1CC[NH+](CC(=O)N[C@H](C)c2ccccc2Br)CC1. The van der Waals surface area contributed by atoms with Gasteiger partial charge in [-0.1, -0.05) is 34.1 Å². The molecule has 1 heterocycles. The van der Waals surface area contributed by atoms with Crippen molar-refractivity contribution in [3.63, 3.8) is 0 Å². The monoisotopic (exact) mass is 398 g/mol. The zero-order chi connectivity index (χ0) is 17.5. The molecule has 0 aromatic heterocycles. The second-order valence-electron chi connectivity index (χ2n) is 5.92. The Labute approximate surface area is 151 Å². The van der Waals surface area contributed by atoms with Crippen molar-refractivity contribution < 1.29 is 19.2 Å². The highest BCUT2D eigenvalue weighted by atomic mass is 79.9. The first-order valence-electron chi connectivity index (χ1n) is 8.30. The molecule has 1 saturated heterocycles. The third-order valence-electron chi connectivity index (χ3n) is 4.16. The minimum atomic E-state index is -0.261. The van der Waals surface area contributed by atoms with Crippen LogP contribution in [0.4, 0.5) is 4.79 Å². The second-order valence-corrected chi connectivity index (χ2v) is 6.78. The molecule has 2 amide bonds. The van der Waals surface area contributed by atoms with Gasteiger partial charge in [0, 0.05) is 4.47 Å². The molecule has 1 aliphatic heterocycles. The Balaban J connectivity index is 1.77. The van der Waals surface area contributed by atoms with Crippen molar-refractivity contribution in [2.45, 2.75) is 19.9 Å². The number of quaternary nitrogens is 1. The molecule has 1 aliphatic rings. The van der Waals surface area contributed by atoms with Gasteiger partial charge in [0.15, 0.2) is 6.54 Å². The maximum absolute atomic E-state index is 12.3. The quantitative estimate of drug-likeness (QED) is 0.776. The first kappa shape index (κ1) is 18.7. The Morgan fingerprint density at radius 2 is 2.00 bits per heavy atom. The molecule has 2 N–H and O–H groups in total. The summed E-state index contributed by atoms with van der Waals surface area (Å²) in [6.45, 7) is 7.36. The van der Waals surface area contributed by atoms with Crippen LogP contribution in [0.1, 0.15) is 25.5 Å². The molecule has 24 heavy (non-hydrogen) atoms. The topological polar surface area (TPSA) is 63.1 Å². The lowest BCUT2D eigenvalue weighted by Crippen LogP contribution is -3.15. The van der Waals surface area contributed by atoms with Crippen LogP contribution in [0.15, 0.2) is 28.7 Å². The maximum atomic E-state index is 12.3. The van der Waals surface area contributed by atoms with Crippen molar-refractivity contribution in [3.05, 3.63) is 34.3 Å². The van der Waals surface area contributed by atoms with Crippen LogP contribution in [0.25, 0.3) is 0 Å². The Bertz CT molecular complexity index is 574. The summed E-state index contributed by atoms with van der Waals surface area (Å²) >= 11 is 3.51. The van der Waals surface area contributed by atoms with E-state index >= 15 is 0 Å². The number of amides is 2. The first-order chi connectivity index (χ1) is 11.5. The van der Waals surface area contributed by atoms with Crippen LogP contribution >= 0.6 is 15.9 Å². The van der Waals surface area contributed by atoms with Gasteiger partial charge in [0.05, 0.1) is 38.8 Å². The van der Waals surface area contributed by atoms with E-state index in [0.29, 0.717) is 26.2 Å². The molecule has 1 fully saturated rings. The molecule has 1 atom stereocenters. The molecule has 0 aliphatic carbocycles. The van der Waals surface area contributed by atoms with Crippen LogP contribution in [0, 0.1) is 0 Å². The number of nitrogens with one attached hydrogen (secondary N) is 2. The van der Waals surface area contributed by atoms with Crippen molar-refractivity contribution in [1.82, 2.24) is 10.2 Å². The highest BCUT2D eigenvalue weighted by Crippen LogP contribution is 2.22. The molecule has 0 bridgehead atoms. The van der Waals surface area contributed by atoms with Crippen LogP contribution in [0.5, 0.6) is 0 Å². The predicted molar refractivity (Wildman–Crippen MR) is 94.9 cm³/mol. The normalized spacial score (nSPS) is 16.5. The van der Waals surface area contributed by atoms with Crippen molar-refractivity contribution in [2.75, 3.05) is 39.3 Å². The average Bonchev–Trinajstić information content (AvgIpc) is 2.56. The fraction of sp³-hybridized carbons (Fsp3) is 0.529. The summed E-state index contributed by atoms with van der Waals surface area (Å²) in [7, 11) is 0. The third-order valence-corrected chi connectivity index (χ3v) is 4.88. The number of benzene rings is 1. The summed E-state index contributed by atoms with van der Waals surface area (Å²) in [5.74, 6) is 0.0258. The summed E-state index contributed by atoms with van der Waals surface area (Å²) < 4.78 is 6.00. The molecule has 0 spiro atoms. The lowest BCUT2D eigenvalue weighted by Gasteiger charge is -2.31. The number of carbonyl (C=O) groups excluding carboxylic acids is 2. The van der Waals surface area contributed by atoms with Gasteiger partial charge in [-0.05, 0) is 25.5 Å². The highest BCUT2D eigenvalue weighted by molar-refractivity contribution is 9.10. The third kappa shape index (κ3) is 5.21. The number of ether oxygens (including phenoxy) is 1. The fourth-order valence-corrected chi connectivity index (χ4v) is 3.45.